The molecular formula is C21H22N2O3S. The van der Waals surface area contributed by atoms with Crippen LogP contribution in [0, 0.1) is 6.92 Å². The Morgan fingerprint density at radius 3 is 2.70 bits per heavy atom. The van der Waals surface area contributed by atoms with E-state index < -0.39 is 0 Å². The summed E-state index contributed by atoms with van der Waals surface area (Å²) < 4.78 is 6.91. The Morgan fingerprint density at radius 1 is 1.22 bits per heavy atom. The first kappa shape index (κ1) is 17.9. The van der Waals surface area contributed by atoms with Crippen molar-refractivity contribution < 1.29 is 9.53 Å². The fraction of sp³-hybridized carbons (Fsp3) is 0.381. The topological polar surface area (TPSA) is 61.2 Å². The molecule has 0 N–H and O–H groups in total. The van der Waals surface area contributed by atoms with Crippen LogP contribution in [0.1, 0.15) is 37.7 Å². The zero-order chi connectivity index (χ0) is 18.8. The number of aryl methyl sites for hydroxylation is 1. The standard InChI is InChI=1S/C21H22N2O3S/c1-14-7-9-15(10-8-14)17-12-27-20-19(17)21(25)23(13-22-20)11-18(24)26-16-5-3-2-4-6-16/h7-10,12-13,16H,2-6,11H2,1H3. The van der Waals surface area contributed by atoms with Gasteiger partial charge in [0.2, 0.25) is 0 Å². The van der Waals surface area contributed by atoms with E-state index in [4.69, 9.17) is 4.74 Å². The molecule has 0 aliphatic heterocycles. The Kier molecular flexibility index (Phi) is 5.07. The second kappa shape index (κ2) is 7.64. The summed E-state index contributed by atoms with van der Waals surface area (Å²) in [5, 5.41) is 2.52. The predicted octanol–water partition coefficient (Wildman–Crippen LogP) is 4.31. The largest absolute Gasteiger partial charge is 0.461 e. The van der Waals surface area contributed by atoms with Crippen molar-refractivity contribution in [1.29, 1.82) is 0 Å². The number of esters is 1. The monoisotopic (exact) mass is 382 g/mol. The van der Waals surface area contributed by atoms with E-state index in [2.05, 4.69) is 4.98 Å². The molecule has 0 saturated heterocycles. The Labute approximate surface area is 161 Å². The van der Waals surface area contributed by atoms with Crippen LogP contribution in [0.5, 0.6) is 0 Å². The number of thiophene rings is 1. The van der Waals surface area contributed by atoms with Crippen molar-refractivity contribution in [3.8, 4) is 11.1 Å². The quantitative estimate of drug-likeness (QED) is 0.631. The average Bonchev–Trinajstić information content (AvgIpc) is 3.10. The van der Waals surface area contributed by atoms with E-state index in [1.54, 1.807) is 0 Å². The Bertz CT molecular complexity index is 1010. The smallest absolute Gasteiger partial charge is 0.326 e. The van der Waals surface area contributed by atoms with Crippen LogP contribution < -0.4 is 5.56 Å². The molecule has 1 aliphatic carbocycles. The second-order valence-corrected chi connectivity index (χ2v) is 7.98. The van der Waals surface area contributed by atoms with Gasteiger partial charge in [-0.15, -0.1) is 11.3 Å². The Hall–Kier alpha value is -2.47. The third kappa shape index (κ3) is 3.81. The molecule has 4 rings (SSSR count). The fourth-order valence-corrected chi connectivity index (χ4v) is 4.48. The molecule has 6 heteroatoms. The lowest BCUT2D eigenvalue weighted by molar-refractivity contribution is -0.151. The SMILES string of the molecule is Cc1ccc(-c2csc3ncn(CC(=O)OC4CCCCC4)c(=O)c23)cc1. The van der Waals surface area contributed by atoms with Crippen molar-refractivity contribution >= 4 is 27.5 Å². The third-order valence-electron chi connectivity index (χ3n) is 5.07. The normalized spacial score (nSPS) is 15.1. The lowest BCUT2D eigenvalue weighted by Gasteiger charge is -2.21. The van der Waals surface area contributed by atoms with Crippen LogP contribution in [0.4, 0.5) is 0 Å². The van der Waals surface area contributed by atoms with Crippen LogP contribution in [0.3, 0.4) is 0 Å². The molecule has 1 aromatic carbocycles. The zero-order valence-corrected chi connectivity index (χ0v) is 16.1. The van der Waals surface area contributed by atoms with E-state index in [-0.39, 0.29) is 24.2 Å². The molecule has 1 aliphatic rings. The van der Waals surface area contributed by atoms with Gasteiger partial charge in [-0.25, -0.2) is 4.98 Å². The van der Waals surface area contributed by atoms with E-state index >= 15 is 0 Å². The van der Waals surface area contributed by atoms with Gasteiger partial charge in [-0.3, -0.25) is 14.2 Å². The highest BCUT2D eigenvalue weighted by Crippen LogP contribution is 2.30. The lowest BCUT2D eigenvalue weighted by atomic mass is 9.98. The summed E-state index contributed by atoms with van der Waals surface area (Å²) in [6.45, 7) is 1.93. The maximum atomic E-state index is 13.0. The number of fused-ring (bicyclic) bond motifs is 1. The molecule has 0 unspecified atom stereocenters. The van der Waals surface area contributed by atoms with Gasteiger partial charge in [-0.2, -0.15) is 0 Å². The first-order chi connectivity index (χ1) is 13.1. The van der Waals surface area contributed by atoms with Crippen molar-refractivity contribution in [2.45, 2.75) is 51.7 Å². The van der Waals surface area contributed by atoms with Crippen LogP contribution in [0.15, 0.2) is 40.8 Å². The van der Waals surface area contributed by atoms with Gasteiger partial charge in [-0.05, 0) is 38.2 Å². The van der Waals surface area contributed by atoms with Crippen molar-refractivity contribution in [2.75, 3.05) is 0 Å². The van der Waals surface area contributed by atoms with Gasteiger partial charge in [0.05, 0.1) is 11.7 Å². The molecule has 0 bridgehead atoms. The molecule has 3 aromatic rings. The molecule has 0 radical (unpaired) electrons. The number of rotatable bonds is 4. The van der Waals surface area contributed by atoms with Crippen LogP contribution in [0.2, 0.25) is 0 Å². The maximum absolute atomic E-state index is 13.0. The first-order valence-corrected chi connectivity index (χ1v) is 10.2. The summed E-state index contributed by atoms with van der Waals surface area (Å²) in [4.78, 5) is 30.4. The van der Waals surface area contributed by atoms with E-state index in [1.165, 1.54) is 34.2 Å². The summed E-state index contributed by atoms with van der Waals surface area (Å²) in [6.07, 6.45) is 6.67. The molecule has 0 spiro atoms. The maximum Gasteiger partial charge on any atom is 0.326 e. The van der Waals surface area contributed by atoms with E-state index in [0.29, 0.717) is 10.2 Å². The Balaban J connectivity index is 1.61. The molecule has 5 nitrogen and oxygen atoms in total. The van der Waals surface area contributed by atoms with Crippen molar-refractivity contribution in [2.24, 2.45) is 0 Å². The van der Waals surface area contributed by atoms with Gasteiger partial charge in [0, 0.05) is 10.9 Å². The van der Waals surface area contributed by atoms with E-state index in [0.717, 1.165) is 36.8 Å². The van der Waals surface area contributed by atoms with Gasteiger partial charge in [0.15, 0.2) is 0 Å². The Morgan fingerprint density at radius 2 is 1.96 bits per heavy atom. The minimum Gasteiger partial charge on any atom is -0.461 e. The highest BCUT2D eigenvalue weighted by molar-refractivity contribution is 7.17. The van der Waals surface area contributed by atoms with Crippen LogP contribution >= 0.6 is 11.3 Å². The molecule has 2 aromatic heterocycles. The molecule has 140 valence electrons. The first-order valence-electron chi connectivity index (χ1n) is 9.35. The van der Waals surface area contributed by atoms with Gasteiger partial charge < -0.3 is 4.74 Å². The minimum absolute atomic E-state index is 0.0112. The predicted molar refractivity (Wildman–Crippen MR) is 107 cm³/mol. The van der Waals surface area contributed by atoms with Gasteiger partial charge in [0.25, 0.3) is 5.56 Å². The number of carbonyl (C=O) groups is 1. The number of hydrogen-bond donors (Lipinski definition) is 0. The summed E-state index contributed by atoms with van der Waals surface area (Å²) >= 11 is 1.44. The summed E-state index contributed by atoms with van der Waals surface area (Å²) in [5.41, 5.74) is 2.81. The molecule has 1 fully saturated rings. The van der Waals surface area contributed by atoms with Gasteiger partial charge in [0.1, 0.15) is 17.5 Å². The van der Waals surface area contributed by atoms with Gasteiger partial charge in [-0.1, -0.05) is 36.2 Å². The lowest BCUT2D eigenvalue weighted by Crippen LogP contribution is -2.28. The highest BCUT2D eigenvalue weighted by atomic mass is 32.1. The second-order valence-electron chi connectivity index (χ2n) is 7.12. The number of carbonyl (C=O) groups excluding carboxylic acids is 1. The van der Waals surface area contributed by atoms with Crippen molar-refractivity contribution in [1.82, 2.24) is 9.55 Å². The minimum atomic E-state index is -0.364. The van der Waals surface area contributed by atoms with E-state index in [1.807, 2.05) is 36.6 Å². The number of nitrogens with zero attached hydrogens (tertiary/aromatic N) is 2. The molecule has 1 saturated carbocycles. The van der Waals surface area contributed by atoms with Crippen LogP contribution in [-0.2, 0) is 16.1 Å². The molecule has 0 amide bonds. The number of ether oxygens (including phenoxy) is 1. The van der Waals surface area contributed by atoms with Crippen LogP contribution in [-0.4, -0.2) is 21.6 Å². The molecule has 0 atom stereocenters. The van der Waals surface area contributed by atoms with Crippen molar-refractivity contribution in [3.05, 3.63) is 51.9 Å². The molecular weight excluding hydrogens is 360 g/mol. The third-order valence-corrected chi connectivity index (χ3v) is 5.96. The zero-order valence-electron chi connectivity index (χ0n) is 15.3. The summed E-state index contributed by atoms with van der Waals surface area (Å²) in [5.74, 6) is -0.364. The number of benzene rings is 1. The molecule has 27 heavy (non-hydrogen) atoms. The number of aromatic nitrogens is 2. The average molecular weight is 382 g/mol. The highest BCUT2D eigenvalue weighted by Gasteiger charge is 2.19. The van der Waals surface area contributed by atoms with Gasteiger partial charge >= 0.3 is 5.97 Å². The van der Waals surface area contributed by atoms with E-state index in [9.17, 15) is 9.59 Å². The van der Waals surface area contributed by atoms with Crippen molar-refractivity contribution in [3.63, 3.8) is 0 Å². The molecule has 2 heterocycles. The number of hydrogen-bond acceptors (Lipinski definition) is 5. The fourth-order valence-electron chi connectivity index (χ4n) is 3.57. The summed E-state index contributed by atoms with van der Waals surface area (Å²) in [7, 11) is 0. The van der Waals surface area contributed by atoms with Crippen LogP contribution in [0.25, 0.3) is 21.3 Å². The summed E-state index contributed by atoms with van der Waals surface area (Å²) in [6, 6.07) is 8.06.